The normalized spacial score (nSPS) is 23.4. The second-order valence-corrected chi connectivity index (χ2v) is 8.22. The van der Waals surface area contributed by atoms with Gasteiger partial charge in [-0.3, -0.25) is 0 Å². The van der Waals surface area contributed by atoms with Gasteiger partial charge in [-0.1, -0.05) is 66.0 Å². The van der Waals surface area contributed by atoms with Crippen molar-refractivity contribution in [1.29, 1.82) is 0 Å². The SMILES string of the molecule is C.CO[C@H]1O[C@H](COCc2ccc(Cl)cc2Cl)[C@@H](OCc2ccc(Cl)cc2Cl)C1O. The average molecular weight is 498 g/mol. The van der Waals surface area contributed by atoms with E-state index in [2.05, 4.69) is 0 Å². The van der Waals surface area contributed by atoms with E-state index in [1.165, 1.54) is 7.11 Å². The topological polar surface area (TPSA) is 57.2 Å². The lowest BCUT2D eigenvalue weighted by molar-refractivity contribution is -0.156. The number of benzene rings is 2. The zero-order valence-electron chi connectivity index (χ0n) is 15.5. The van der Waals surface area contributed by atoms with E-state index in [4.69, 9.17) is 65.4 Å². The van der Waals surface area contributed by atoms with Crippen LogP contribution in [-0.2, 0) is 32.2 Å². The molecule has 0 amide bonds. The monoisotopic (exact) mass is 496 g/mol. The van der Waals surface area contributed by atoms with Crippen LogP contribution in [-0.4, -0.2) is 43.4 Å². The third kappa shape index (κ3) is 6.45. The Morgan fingerprint density at radius 3 is 2.03 bits per heavy atom. The highest BCUT2D eigenvalue weighted by molar-refractivity contribution is 6.35. The van der Waals surface area contributed by atoms with Crippen molar-refractivity contribution in [2.24, 2.45) is 0 Å². The Morgan fingerprint density at radius 1 is 0.933 bits per heavy atom. The molecule has 4 atom stereocenters. The molecule has 1 aliphatic heterocycles. The van der Waals surface area contributed by atoms with E-state index < -0.39 is 24.6 Å². The van der Waals surface area contributed by atoms with Crippen molar-refractivity contribution in [3.05, 3.63) is 67.6 Å². The zero-order valence-corrected chi connectivity index (χ0v) is 18.5. The van der Waals surface area contributed by atoms with Crippen LogP contribution in [0.25, 0.3) is 0 Å². The molecule has 0 spiro atoms. The molecule has 0 radical (unpaired) electrons. The molecule has 1 saturated heterocycles. The first-order valence-electron chi connectivity index (χ1n) is 8.82. The van der Waals surface area contributed by atoms with Crippen molar-refractivity contribution >= 4 is 46.4 Å². The predicted molar refractivity (Wildman–Crippen MR) is 120 cm³/mol. The summed E-state index contributed by atoms with van der Waals surface area (Å²) in [5.74, 6) is 0. The van der Waals surface area contributed by atoms with Crippen molar-refractivity contribution in [1.82, 2.24) is 0 Å². The van der Waals surface area contributed by atoms with Crippen molar-refractivity contribution in [3.8, 4) is 0 Å². The van der Waals surface area contributed by atoms with Crippen molar-refractivity contribution < 1.29 is 24.1 Å². The molecule has 2 aromatic rings. The minimum absolute atomic E-state index is 0. The number of aliphatic hydroxyl groups excluding tert-OH is 1. The third-order valence-electron chi connectivity index (χ3n) is 4.52. The Hall–Kier alpha value is -0.600. The lowest BCUT2D eigenvalue weighted by Gasteiger charge is -2.21. The fourth-order valence-corrected chi connectivity index (χ4v) is 3.91. The summed E-state index contributed by atoms with van der Waals surface area (Å²) < 4.78 is 22.6. The van der Waals surface area contributed by atoms with E-state index in [1.54, 1.807) is 36.4 Å². The van der Waals surface area contributed by atoms with E-state index in [0.717, 1.165) is 11.1 Å². The maximum absolute atomic E-state index is 10.5. The molecule has 0 saturated carbocycles. The van der Waals surface area contributed by atoms with Gasteiger partial charge in [0.05, 0.1) is 19.8 Å². The van der Waals surface area contributed by atoms with Gasteiger partial charge < -0.3 is 24.1 Å². The Morgan fingerprint density at radius 2 is 1.50 bits per heavy atom. The molecule has 1 fully saturated rings. The molecule has 1 N–H and O–H groups in total. The second-order valence-electron chi connectivity index (χ2n) is 6.53. The van der Waals surface area contributed by atoms with Gasteiger partial charge in [0.25, 0.3) is 0 Å². The fraction of sp³-hybridized carbons (Fsp3) is 0.429. The Bertz CT molecular complexity index is 835. The van der Waals surface area contributed by atoms with Crippen molar-refractivity contribution in [3.63, 3.8) is 0 Å². The summed E-state index contributed by atoms with van der Waals surface area (Å²) in [4.78, 5) is 0. The average Bonchev–Trinajstić information content (AvgIpc) is 2.98. The Kier molecular flexibility index (Phi) is 10.1. The zero-order chi connectivity index (χ0) is 21.0. The number of methoxy groups -OCH3 is 1. The van der Waals surface area contributed by atoms with Crippen LogP contribution in [0, 0.1) is 0 Å². The van der Waals surface area contributed by atoms with Crippen LogP contribution in [0.1, 0.15) is 18.6 Å². The molecule has 0 aliphatic carbocycles. The van der Waals surface area contributed by atoms with Crippen LogP contribution in [0.3, 0.4) is 0 Å². The molecule has 166 valence electrons. The van der Waals surface area contributed by atoms with Gasteiger partial charge in [-0.2, -0.15) is 0 Å². The predicted octanol–water partition coefficient (Wildman–Crippen LogP) is 5.77. The smallest absolute Gasteiger partial charge is 0.186 e. The fourth-order valence-electron chi connectivity index (χ4n) is 2.99. The first kappa shape index (κ1) is 25.7. The van der Waals surface area contributed by atoms with Crippen LogP contribution in [0.4, 0.5) is 0 Å². The lowest BCUT2D eigenvalue weighted by atomic mass is 10.1. The van der Waals surface area contributed by atoms with E-state index in [9.17, 15) is 5.11 Å². The minimum atomic E-state index is -0.973. The number of ether oxygens (including phenoxy) is 4. The highest BCUT2D eigenvalue weighted by Gasteiger charge is 2.45. The van der Waals surface area contributed by atoms with Gasteiger partial charge in [0, 0.05) is 27.2 Å². The van der Waals surface area contributed by atoms with Crippen molar-refractivity contribution in [2.75, 3.05) is 13.7 Å². The molecule has 30 heavy (non-hydrogen) atoms. The summed E-state index contributed by atoms with van der Waals surface area (Å²) >= 11 is 24.2. The number of hydrogen-bond acceptors (Lipinski definition) is 5. The van der Waals surface area contributed by atoms with E-state index in [1.807, 2.05) is 0 Å². The highest BCUT2D eigenvalue weighted by Crippen LogP contribution is 2.28. The number of hydrogen-bond donors (Lipinski definition) is 1. The van der Waals surface area contributed by atoms with Gasteiger partial charge in [0.2, 0.25) is 0 Å². The second kappa shape index (κ2) is 11.9. The minimum Gasteiger partial charge on any atom is -0.385 e. The maximum atomic E-state index is 10.5. The van der Waals surface area contributed by atoms with Crippen molar-refractivity contribution in [2.45, 2.75) is 45.2 Å². The molecule has 9 heteroatoms. The summed E-state index contributed by atoms with van der Waals surface area (Å²) in [6, 6.07) is 10.3. The summed E-state index contributed by atoms with van der Waals surface area (Å²) in [5, 5.41) is 12.6. The van der Waals surface area contributed by atoms with Crippen LogP contribution >= 0.6 is 46.4 Å². The Labute approximate surface area is 196 Å². The van der Waals surface area contributed by atoms with E-state index in [-0.39, 0.29) is 27.2 Å². The summed E-state index contributed by atoms with van der Waals surface area (Å²) in [7, 11) is 1.46. The van der Waals surface area contributed by atoms with E-state index >= 15 is 0 Å². The lowest BCUT2D eigenvalue weighted by Crippen LogP contribution is -2.37. The highest BCUT2D eigenvalue weighted by atomic mass is 35.5. The van der Waals surface area contributed by atoms with Crippen LogP contribution < -0.4 is 0 Å². The number of halogens is 4. The third-order valence-corrected chi connectivity index (χ3v) is 5.70. The molecule has 0 bridgehead atoms. The summed E-state index contributed by atoms with van der Waals surface area (Å²) in [6.45, 7) is 0.616. The van der Waals surface area contributed by atoms with Gasteiger partial charge in [-0.25, -0.2) is 0 Å². The first-order chi connectivity index (χ1) is 13.9. The Balaban J connectivity index is 0.00000320. The number of rotatable bonds is 8. The molecule has 5 nitrogen and oxygen atoms in total. The molecule has 2 aromatic carbocycles. The maximum Gasteiger partial charge on any atom is 0.186 e. The molecular formula is C21H24Cl4O5. The molecule has 1 heterocycles. The van der Waals surface area contributed by atoms with Gasteiger partial charge in [0.1, 0.15) is 18.3 Å². The first-order valence-corrected chi connectivity index (χ1v) is 10.3. The van der Waals surface area contributed by atoms with Crippen LogP contribution in [0.15, 0.2) is 36.4 Å². The molecule has 1 unspecified atom stereocenters. The summed E-state index contributed by atoms with van der Waals surface area (Å²) in [5.41, 5.74) is 1.54. The number of aliphatic hydroxyl groups is 1. The van der Waals surface area contributed by atoms with Gasteiger partial charge in [0.15, 0.2) is 6.29 Å². The van der Waals surface area contributed by atoms with Crippen LogP contribution in [0.2, 0.25) is 20.1 Å². The standard InChI is InChI=1S/C20H20Cl4O5.CH4/c1-26-20-18(25)19(28-9-12-3-5-14(22)7-16(12)24)17(29-20)10-27-8-11-2-4-13(21)6-15(11)23;/h2-7,17-20,25H,8-10H2,1H3;1H4/t17-,18?,19-,20+;/m1./s1. The van der Waals surface area contributed by atoms with Gasteiger partial charge >= 0.3 is 0 Å². The van der Waals surface area contributed by atoms with Crippen LogP contribution in [0.5, 0.6) is 0 Å². The largest absolute Gasteiger partial charge is 0.385 e. The van der Waals surface area contributed by atoms with Gasteiger partial charge in [-0.15, -0.1) is 0 Å². The summed E-state index contributed by atoms with van der Waals surface area (Å²) in [6.07, 6.45) is -2.98. The molecular weight excluding hydrogens is 474 g/mol. The van der Waals surface area contributed by atoms with Gasteiger partial charge in [-0.05, 0) is 35.4 Å². The molecule has 3 rings (SSSR count). The molecule has 0 aromatic heterocycles. The quantitative estimate of drug-likeness (QED) is 0.501. The van der Waals surface area contributed by atoms with E-state index in [0.29, 0.717) is 20.1 Å². The molecule has 1 aliphatic rings.